The van der Waals surface area contributed by atoms with Gasteiger partial charge < -0.3 is 4.74 Å². The second-order valence-corrected chi connectivity index (χ2v) is 9.51. The van der Waals surface area contributed by atoms with Crippen molar-refractivity contribution in [1.82, 2.24) is 4.90 Å². The van der Waals surface area contributed by atoms with E-state index in [1.807, 2.05) is 122 Å². The van der Waals surface area contributed by atoms with E-state index in [0.717, 1.165) is 22.3 Å². The highest BCUT2D eigenvalue weighted by atomic mass is 16.5. The van der Waals surface area contributed by atoms with Crippen molar-refractivity contribution in [3.05, 3.63) is 155 Å². The van der Waals surface area contributed by atoms with Gasteiger partial charge in [-0.2, -0.15) is 0 Å². The van der Waals surface area contributed by atoms with Crippen molar-refractivity contribution < 1.29 is 14.3 Å². The normalized spacial score (nSPS) is 20.3. The number of rotatable bonds is 8. The Morgan fingerprint density at radius 1 is 0.737 bits per heavy atom. The van der Waals surface area contributed by atoms with Crippen LogP contribution in [-0.2, 0) is 22.7 Å². The molecule has 4 aromatic carbocycles. The zero-order valence-corrected chi connectivity index (χ0v) is 21.4. The molecule has 1 fully saturated rings. The fraction of sp³-hybridized carbons (Fsp3) is 0.176. The van der Waals surface area contributed by atoms with Crippen molar-refractivity contribution in [2.45, 2.75) is 32.2 Å². The Morgan fingerprint density at radius 2 is 1.26 bits per heavy atom. The van der Waals surface area contributed by atoms with Crippen LogP contribution in [0.25, 0.3) is 0 Å². The summed E-state index contributed by atoms with van der Waals surface area (Å²) in [6.07, 6.45) is 1.93. The topological polar surface area (TPSA) is 46.6 Å². The van der Waals surface area contributed by atoms with Crippen LogP contribution >= 0.6 is 0 Å². The zero-order valence-electron chi connectivity index (χ0n) is 21.4. The van der Waals surface area contributed by atoms with Gasteiger partial charge in [-0.3, -0.25) is 14.5 Å². The molecule has 0 aromatic heterocycles. The van der Waals surface area contributed by atoms with E-state index in [-0.39, 0.29) is 24.4 Å². The highest BCUT2D eigenvalue weighted by Gasteiger charge is 2.52. The molecule has 190 valence electrons. The molecule has 0 saturated carbocycles. The van der Waals surface area contributed by atoms with Gasteiger partial charge in [-0.25, -0.2) is 0 Å². The molecule has 0 N–H and O–H groups in total. The lowest BCUT2D eigenvalue weighted by Gasteiger charge is -2.30. The van der Waals surface area contributed by atoms with Gasteiger partial charge in [-0.05, 0) is 29.2 Å². The summed E-state index contributed by atoms with van der Waals surface area (Å²) < 4.78 is 5.91. The standard InChI is InChI=1S/C34H31NO3/c1-2-29-30(34(37)38-24-26-17-9-4-10-18-26)31(27-19-11-5-12-20-27)35(23-25-15-7-3-8-16-25)32(29)33(36)28-21-13-6-14-22-28/h2-22,30-32H,23-24H2,1H3/b29-2-/t30-,31-,32+/m1/s1. The number of carbonyl (C=O) groups excluding carboxylic acids is 2. The van der Waals surface area contributed by atoms with Crippen LogP contribution in [0.15, 0.2) is 133 Å². The summed E-state index contributed by atoms with van der Waals surface area (Å²) in [6.45, 7) is 2.61. The number of likely N-dealkylation sites (tertiary alicyclic amines) is 1. The number of benzene rings is 4. The first-order valence-corrected chi connectivity index (χ1v) is 13.0. The molecule has 4 nitrogen and oxygen atoms in total. The van der Waals surface area contributed by atoms with E-state index in [4.69, 9.17) is 4.74 Å². The predicted molar refractivity (Wildman–Crippen MR) is 149 cm³/mol. The van der Waals surface area contributed by atoms with Gasteiger partial charge in [0.2, 0.25) is 0 Å². The van der Waals surface area contributed by atoms with Gasteiger partial charge in [0.1, 0.15) is 6.61 Å². The van der Waals surface area contributed by atoms with E-state index in [0.29, 0.717) is 12.1 Å². The summed E-state index contributed by atoms with van der Waals surface area (Å²) in [6, 6.07) is 38.1. The summed E-state index contributed by atoms with van der Waals surface area (Å²) in [5, 5.41) is 0. The lowest BCUT2D eigenvalue weighted by Crippen LogP contribution is -2.38. The van der Waals surface area contributed by atoms with E-state index in [2.05, 4.69) is 17.0 Å². The van der Waals surface area contributed by atoms with Gasteiger partial charge in [0, 0.05) is 12.1 Å². The Labute approximate surface area is 224 Å². The van der Waals surface area contributed by atoms with Gasteiger partial charge in [0.05, 0.1) is 18.0 Å². The van der Waals surface area contributed by atoms with Crippen LogP contribution in [0.4, 0.5) is 0 Å². The number of hydrogen-bond donors (Lipinski definition) is 0. The number of esters is 1. The molecular weight excluding hydrogens is 470 g/mol. The molecule has 0 radical (unpaired) electrons. The SMILES string of the molecule is C/C=C1/[C@@H](C(=O)OCc2ccccc2)[C@@H](c2ccccc2)N(Cc2ccccc2)[C@@H]1C(=O)c1ccccc1. The molecule has 4 heteroatoms. The second-order valence-electron chi connectivity index (χ2n) is 9.51. The third-order valence-corrected chi connectivity index (χ3v) is 7.15. The molecule has 0 unspecified atom stereocenters. The highest BCUT2D eigenvalue weighted by Crippen LogP contribution is 2.47. The van der Waals surface area contributed by atoms with Crippen LogP contribution < -0.4 is 0 Å². The number of ketones is 1. The first kappa shape index (κ1) is 25.4. The van der Waals surface area contributed by atoms with Gasteiger partial charge >= 0.3 is 5.97 Å². The summed E-state index contributed by atoms with van der Waals surface area (Å²) in [5.74, 6) is -0.960. The quantitative estimate of drug-likeness (QED) is 0.151. The van der Waals surface area contributed by atoms with Crippen molar-refractivity contribution in [2.24, 2.45) is 5.92 Å². The lowest BCUT2D eigenvalue weighted by molar-refractivity contribution is -0.149. The Hall–Kier alpha value is -4.28. The van der Waals surface area contributed by atoms with Crippen molar-refractivity contribution in [2.75, 3.05) is 0 Å². The maximum Gasteiger partial charge on any atom is 0.315 e. The molecule has 4 aromatic rings. The average molecular weight is 502 g/mol. The molecule has 1 aliphatic rings. The Bertz CT molecular complexity index is 1390. The number of Topliss-reactive ketones (excluding diaryl/α,β-unsaturated/α-hetero) is 1. The summed E-state index contributed by atoms with van der Waals surface area (Å²) in [7, 11) is 0. The first-order valence-electron chi connectivity index (χ1n) is 13.0. The summed E-state index contributed by atoms with van der Waals surface area (Å²) in [4.78, 5) is 30.2. The largest absolute Gasteiger partial charge is 0.460 e. The van der Waals surface area contributed by atoms with Gasteiger partial charge in [-0.15, -0.1) is 0 Å². The molecule has 1 aliphatic heterocycles. The second kappa shape index (κ2) is 11.8. The third kappa shape index (κ3) is 5.36. The van der Waals surface area contributed by atoms with Crippen molar-refractivity contribution in [3.63, 3.8) is 0 Å². The van der Waals surface area contributed by atoms with Crippen LogP contribution in [0, 0.1) is 5.92 Å². The monoisotopic (exact) mass is 501 g/mol. The smallest absolute Gasteiger partial charge is 0.315 e. The molecule has 5 rings (SSSR count). The Balaban J connectivity index is 1.59. The third-order valence-electron chi connectivity index (χ3n) is 7.15. The Kier molecular flexibility index (Phi) is 7.91. The fourth-order valence-corrected chi connectivity index (χ4v) is 5.40. The zero-order chi connectivity index (χ0) is 26.3. The van der Waals surface area contributed by atoms with Gasteiger partial charge in [0.15, 0.2) is 5.78 Å². The molecule has 0 spiro atoms. The molecule has 1 heterocycles. The molecule has 0 bridgehead atoms. The minimum Gasteiger partial charge on any atom is -0.460 e. The van der Waals surface area contributed by atoms with Crippen LogP contribution in [0.2, 0.25) is 0 Å². The average Bonchev–Trinajstić information content (AvgIpc) is 3.31. The van der Waals surface area contributed by atoms with E-state index < -0.39 is 12.0 Å². The summed E-state index contributed by atoms with van der Waals surface area (Å²) in [5.41, 5.74) is 4.39. The predicted octanol–water partition coefficient (Wildman–Crippen LogP) is 6.80. The van der Waals surface area contributed by atoms with Crippen molar-refractivity contribution in [3.8, 4) is 0 Å². The minimum absolute atomic E-state index is 0.0195. The molecule has 38 heavy (non-hydrogen) atoms. The number of carbonyl (C=O) groups is 2. The maximum absolute atomic E-state index is 14.1. The number of hydrogen-bond acceptors (Lipinski definition) is 4. The van der Waals surface area contributed by atoms with Crippen LogP contribution in [0.1, 0.15) is 40.0 Å². The van der Waals surface area contributed by atoms with Gasteiger partial charge in [-0.1, -0.05) is 127 Å². The molecule has 3 atom stereocenters. The fourth-order valence-electron chi connectivity index (χ4n) is 5.40. The summed E-state index contributed by atoms with van der Waals surface area (Å²) >= 11 is 0. The molecule has 1 saturated heterocycles. The van der Waals surface area contributed by atoms with Crippen molar-refractivity contribution >= 4 is 11.8 Å². The van der Waals surface area contributed by atoms with Crippen LogP contribution in [0.3, 0.4) is 0 Å². The molecular formula is C34H31NO3. The Morgan fingerprint density at radius 3 is 1.84 bits per heavy atom. The van der Waals surface area contributed by atoms with E-state index in [1.165, 1.54) is 0 Å². The highest BCUT2D eigenvalue weighted by molar-refractivity contribution is 6.03. The molecule has 0 aliphatic carbocycles. The molecule has 0 amide bonds. The van der Waals surface area contributed by atoms with Crippen LogP contribution in [-0.4, -0.2) is 22.7 Å². The van der Waals surface area contributed by atoms with E-state index in [9.17, 15) is 9.59 Å². The number of allylic oxidation sites excluding steroid dienone is 1. The number of ether oxygens (including phenoxy) is 1. The number of nitrogens with zero attached hydrogens (tertiary/aromatic N) is 1. The van der Waals surface area contributed by atoms with E-state index >= 15 is 0 Å². The maximum atomic E-state index is 14.1. The van der Waals surface area contributed by atoms with Gasteiger partial charge in [0.25, 0.3) is 0 Å². The lowest BCUT2D eigenvalue weighted by atomic mass is 9.87. The first-order chi connectivity index (χ1) is 18.7. The minimum atomic E-state index is -0.618. The van der Waals surface area contributed by atoms with E-state index in [1.54, 1.807) is 0 Å². The van der Waals surface area contributed by atoms with Crippen molar-refractivity contribution in [1.29, 1.82) is 0 Å². The van der Waals surface area contributed by atoms with Crippen LogP contribution in [0.5, 0.6) is 0 Å².